The molecule has 88 valence electrons. The van der Waals surface area contributed by atoms with Gasteiger partial charge in [0.15, 0.2) is 0 Å². The fraction of sp³-hybridized carbons (Fsp3) is 0.643. The summed E-state index contributed by atoms with van der Waals surface area (Å²) in [5, 5.41) is 3.69. The van der Waals surface area contributed by atoms with Crippen LogP contribution in [0.4, 0.5) is 5.69 Å². The van der Waals surface area contributed by atoms with E-state index in [1.807, 2.05) is 12.4 Å². The average Bonchev–Trinajstić information content (AvgIpc) is 2.28. The molecule has 1 aromatic heterocycles. The molecule has 2 rings (SSSR count). The van der Waals surface area contributed by atoms with Crippen molar-refractivity contribution in [1.82, 2.24) is 4.98 Å². The minimum Gasteiger partial charge on any atom is -0.382 e. The van der Waals surface area contributed by atoms with E-state index >= 15 is 0 Å². The highest BCUT2D eigenvalue weighted by Gasteiger charge is 2.26. The largest absolute Gasteiger partial charge is 0.382 e. The van der Waals surface area contributed by atoms with Gasteiger partial charge in [0.2, 0.25) is 0 Å². The van der Waals surface area contributed by atoms with Gasteiger partial charge >= 0.3 is 0 Å². The van der Waals surface area contributed by atoms with Crippen LogP contribution in [0.5, 0.6) is 0 Å². The first-order valence-corrected chi connectivity index (χ1v) is 6.35. The van der Waals surface area contributed by atoms with E-state index in [0.29, 0.717) is 6.04 Å². The number of nitrogens with one attached hydrogen (secondary N) is 1. The molecule has 1 N–H and O–H groups in total. The standard InChI is InChI=1S/C14H22N2/c1-10-5-4-6-14(12(10)3)16-13-7-8-15-9-11(13)2/h7-10,12,14H,4-6H2,1-3H3,(H,15,16). The van der Waals surface area contributed by atoms with Gasteiger partial charge in [0.1, 0.15) is 0 Å². The van der Waals surface area contributed by atoms with Gasteiger partial charge in [-0.1, -0.05) is 26.7 Å². The van der Waals surface area contributed by atoms with E-state index in [0.717, 1.165) is 11.8 Å². The van der Waals surface area contributed by atoms with Crippen molar-refractivity contribution in [1.29, 1.82) is 0 Å². The lowest BCUT2D eigenvalue weighted by atomic mass is 9.78. The van der Waals surface area contributed by atoms with Crippen molar-refractivity contribution in [3.8, 4) is 0 Å². The van der Waals surface area contributed by atoms with E-state index in [1.165, 1.54) is 30.5 Å². The maximum Gasteiger partial charge on any atom is 0.0403 e. The lowest BCUT2D eigenvalue weighted by Crippen LogP contribution is -2.35. The summed E-state index contributed by atoms with van der Waals surface area (Å²) >= 11 is 0. The molecule has 0 spiro atoms. The summed E-state index contributed by atoms with van der Waals surface area (Å²) in [6, 6.07) is 2.71. The molecule has 1 aliphatic carbocycles. The van der Waals surface area contributed by atoms with Crippen LogP contribution in [0.1, 0.15) is 38.7 Å². The highest BCUT2D eigenvalue weighted by atomic mass is 14.9. The molecular weight excluding hydrogens is 196 g/mol. The zero-order valence-electron chi connectivity index (χ0n) is 10.5. The number of hydrogen-bond acceptors (Lipinski definition) is 2. The molecule has 2 nitrogen and oxygen atoms in total. The topological polar surface area (TPSA) is 24.9 Å². The van der Waals surface area contributed by atoms with Gasteiger partial charge in [0.25, 0.3) is 0 Å². The Labute approximate surface area is 98.5 Å². The maximum absolute atomic E-state index is 4.13. The lowest BCUT2D eigenvalue weighted by molar-refractivity contribution is 0.253. The molecule has 16 heavy (non-hydrogen) atoms. The van der Waals surface area contributed by atoms with E-state index in [4.69, 9.17) is 0 Å². The molecule has 3 unspecified atom stereocenters. The van der Waals surface area contributed by atoms with Gasteiger partial charge in [0, 0.05) is 24.1 Å². The third-order valence-electron chi connectivity index (χ3n) is 4.07. The van der Waals surface area contributed by atoms with Crippen LogP contribution in [0.25, 0.3) is 0 Å². The Kier molecular flexibility index (Phi) is 3.47. The van der Waals surface area contributed by atoms with Crippen LogP contribution in [0.2, 0.25) is 0 Å². The van der Waals surface area contributed by atoms with Crippen molar-refractivity contribution in [2.24, 2.45) is 11.8 Å². The van der Waals surface area contributed by atoms with Crippen LogP contribution >= 0.6 is 0 Å². The summed E-state index contributed by atoms with van der Waals surface area (Å²) in [7, 11) is 0. The molecule has 0 radical (unpaired) electrons. The molecule has 0 saturated heterocycles. The smallest absolute Gasteiger partial charge is 0.0403 e. The molecule has 1 heterocycles. The second-order valence-electron chi connectivity index (χ2n) is 5.21. The van der Waals surface area contributed by atoms with Crippen LogP contribution in [0.15, 0.2) is 18.5 Å². The summed E-state index contributed by atoms with van der Waals surface area (Å²) in [5.41, 5.74) is 2.49. The number of pyridine rings is 1. The summed E-state index contributed by atoms with van der Waals surface area (Å²) < 4.78 is 0. The van der Waals surface area contributed by atoms with Gasteiger partial charge in [-0.05, 0) is 36.8 Å². The third kappa shape index (κ3) is 2.37. The molecular formula is C14H22N2. The monoisotopic (exact) mass is 218 g/mol. The van der Waals surface area contributed by atoms with Gasteiger partial charge < -0.3 is 5.32 Å². The molecule has 0 amide bonds. The highest BCUT2D eigenvalue weighted by molar-refractivity contribution is 5.49. The molecule has 1 aromatic rings. The molecule has 1 saturated carbocycles. The highest BCUT2D eigenvalue weighted by Crippen LogP contribution is 2.31. The molecule has 1 fully saturated rings. The molecule has 0 aliphatic heterocycles. The number of rotatable bonds is 2. The predicted molar refractivity (Wildman–Crippen MR) is 68.6 cm³/mol. The summed E-state index contributed by atoms with van der Waals surface area (Å²) in [5.74, 6) is 1.61. The number of anilines is 1. The van der Waals surface area contributed by atoms with E-state index in [-0.39, 0.29) is 0 Å². The van der Waals surface area contributed by atoms with Crippen LogP contribution in [-0.4, -0.2) is 11.0 Å². The normalized spacial score (nSPS) is 30.1. The second-order valence-corrected chi connectivity index (χ2v) is 5.21. The third-order valence-corrected chi connectivity index (χ3v) is 4.07. The fourth-order valence-corrected chi connectivity index (χ4v) is 2.62. The van der Waals surface area contributed by atoms with Crippen molar-refractivity contribution in [3.63, 3.8) is 0 Å². The minimum atomic E-state index is 0.629. The van der Waals surface area contributed by atoms with Gasteiger partial charge in [-0.3, -0.25) is 4.98 Å². The summed E-state index contributed by atoms with van der Waals surface area (Å²) in [6.45, 7) is 6.86. The average molecular weight is 218 g/mol. The number of hydrogen-bond donors (Lipinski definition) is 1. The molecule has 0 aromatic carbocycles. The second kappa shape index (κ2) is 4.86. The van der Waals surface area contributed by atoms with Gasteiger partial charge in [-0.15, -0.1) is 0 Å². The number of nitrogens with zero attached hydrogens (tertiary/aromatic N) is 1. The Bertz CT molecular complexity index is 348. The zero-order chi connectivity index (χ0) is 11.5. The van der Waals surface area contributed by atoms with E-state index < -0.39 is 0 Å². The Morgan fingerprint density at radius 1 is 1.31 bits per heavy atom. The van der Waals surface area contributed by atoms with Gasteiger partial charge in [-0.25, -0.2) is 0 Å². The Balaban J connectivity index is 2.06. The Hall–Kier alpha value is -1.05. The van der Waals surface area contributed by atoms with Crippen LogP contribution in [0, 0.1) is 18.8 Å². The quantitative estimate of drug-likeness (QED) is 0.820. The predicted octanol–water partition coefficient (Wildman–Crippen LogP) is 3.63. The summed E-state index contributed by atoms with van der Waals surface area (Å²) in [4.78, 5) is 4.13. The lowest BCUT2D eigenvalue weighted by Gasteiger charge is -2.35. The number of aromatic nitrogens is 1. The Morgan fingerprint density at radius 3 is 2.88 bits per heavy atom. The first kappa shape index (κ1) is 11.4. The SMILES string of the molecule is Cc1cnccc1NC1CCCC(C)C1C. The fourth-order valence-electron chi connectivity index (χ4n) is 2.62. The van der Waals surface area contributed by atoms with E-state index in [2.05, 4.69) is 37.1 Å². The molecule has 0 bridgehead atoms. The van der Waals surface area contributed by atoms with Gasteiger partial charge in [0.05, 0.1) is 0 Å². The summed E-state index contributed by atoms with van der Waals surface area (Å²) in [6.07, 6.45) is 7.83. The van der Waals surface area contributed by atoms with Crippen LogP contribution < -0.4 is 5.32 Å². The van der Waals surface area contributed by atoms with Crippen molar-refractivity contribution >= 4 is 5.69 Å². The maximum atomic E-state index is 4.13. The van der Waals surface area contributed by atoms with Crippen LogP contribution in [-0.2, 0) is 0 Å². The van der Waals surface area contributed by atoms with Crippen molar-refractivity contribution < 1.29 is 0 Å². The zero-order valence-corrected chi connectivity index (χ0v) is 10.5. The minimum absolute atomic E-state index is 0.629. The van der Waals surface area contributed by atoms with E-state index in [1.54, 1.807) is 0 Å². The number of aryl methyl sites for hydroxylation is 1. The first-order valence-electron chi connectivity index (χ1n) is 6.35. The molecule has 1 aliphatic rings. The van der Waals surface area contributed by atoms with Crippen molar-refractivity contribution in [2.75, 3.05) is 5.32 Å². The molecule has 3 atom stereocenters. The molecule has 2 heteroatoms. The van der Waals surface area contributed by atoms with Crippen molar-refractivity contribution in [3.05, 3.63) is 24.0 Å². The van der Waals surface area contributed by atoms with Crippen LogP contribution in [0.3, 0.4) is 0 Å². The Morgan fingerprint density at radius 2 is 2.12 bits per heavy atom. The van der Waals surface area contributed by atoms with E-state index in [9.17, 15) is 0 Å². The van der Waals surface area contributed by atoms with Gasteiger partial charge in [-0.2, -0.15) is 0 Å². The van der Waals surface area contributed by atoms with Crippen molar-refractivity contribution in [2.45, 2.75) is 46.1 Å². The first-order chi connectivity index (χ1) is 7.68.